The van der Waals surface area contributed by atoms with Crippen molar-refractivity contribution in [2.45, 2.75) is 25.6 Å². The Balaban J connectivity index is 1.91. The van der Waals surface area contributed by atoms with E-state index in [0.29, 0.717) is 5.92 Å². The molecule has 2 aliphatic heterocycles. The molecule has 1 saturated heterocycles. The predicted octanol–water partition coefficient (Wildman–Crippen LogP) is 1.77. The Kier molecular flexibility index (Phi) is 1.91. The Morgan fingerprint density at radius 1 is 1.43 bits per heavy atom. The van der Waals surface area contributed by atoms with E-state index in [9.17, 15) is 0 Å². The second kappa shape index (κ2) is 3.24. The molecule has 0 saturated carbocycles. The number of aromatic nitrogens is 1. The third-order valence-electron chi connectivity index (χ3n) is 2.93. The zero-order chi connectivity index (χ0) is 9.38. The molecular weight excluding hydrogens is 178 g/mol. The van der Waals surface area contributed by atoms with E-state index in [2.05, 4.69) is 4.98 Å². The molecule has 0 amide bonds. The van der Waals surface area contributed by atoms with Gasteiger partial charge in [-0.05, 0) is 25.0 Å². The number of hydrogen-bond donors (Lipinski definition) is 0. The smallest absolute Gasteiger partial charge is 0.203 e. The summed E-state index contributed by atoms with van der Waals surface area (Å²) in [6.07, 6.45) is 5.14. The lowest BCUT2D eigenvalue weighted by Gasteiger charge is -2.35. The van der Waals surface area contributed by atoms with Crippen molar-refractivity contribution in [3.05, 3.63) is 24.0 Å². The SMILES string of the molecule is c1cnc2c(c1)O[C@H]1OCCC[C@H]1C2. The van der Waals surface area contributed by atoms with Crippen molar-refractivity contribution in [3.63, 3.8) is 0 Å². The zero-order valence-electron chi connectivity index (χ0n) is 7.98. The summed E-state index contributed by atoms with van der Waals surface area (Å²) in [5.41, 5.74) is 1.08. The fourth-order valence-electron chi connectivity index (χ4n) is 2.20. The number of ether oxygens (including phenoxy) is 2. The molecule has 0 N–H and O–H groups in total. The van der Waals surface area contributed by atoms with E-state index in [-0.39, 0.29) is 6.29 Å². The van der Waals surface area contributed by atoms with Crippen LogP contribution < -0.4 is 4.74 Å². The van der Waals surface area contributed by atoms with Crippen LogP contribution in [0.3, 0.4) is 0 Å². The maximum Gasteiger partial charge on any atom is 0.203 e. The minimum atomic E-state index is -0.0274. The molecule has 0 unspecified atom stereocenters. The largest absolute Gasteiger partial charge is 0.463 e. The Morgan fingerprint density at radius 3 is 3.43 bits per heavy atom. The van der Waals surface area contributed by atoms with Crippen LogP contribution in [0, 0.1) is 5.92 Å². The van der Waals surface area contributed by atoms with Gasteiger partial charge in [-0.3, -0.25) is 4.98 Å². The van der Waals surface area contributed by atoms with Gasteiger partial charge in [0.2, 0.25) is 6.29 Å². The molecule has 1 aromatic rings. The molecule has 0 aliphatic carbocycles. The molecule has 1 aromatic heterocycles. The fourth-order valence-corrected chi connectivity index (χ4v) is 2.20. The van der Waals surface area contributed by atoms with Gasteiger partial charge in [0.15, 0.2) is 0 Å². The predicted molar refractivity (Wildman–Crippen MR) is 51.0 cm³/mol. The molecule has 0 radical (unpaired) electrons. The molecule has 3 rings (SSSR count). The quantitative estimate of drug-likeness (QED) is 0.626. The monoisotopic (exact) mass is 191 g/mol. The molecule has 3 nitrogen and oxygen atoms in total. The molecular formula is C11H13NO2. The van der Waals surface area contributed by atoms with Crippen molar-refractivity contribution in [2.24, 2.45) is 5.92 Å². The fraction of sp³-hybridized carbons (Fsp3) is 0.545. The highest BCUT2D eigenvalue weighted by Gasteiger charge is 2.33. The normalized spacial score (nSPS) is 30.0. The summed E-state index contributed by atoms with van der Waals surface area (Å²) < 4.78 is 11.3. The summed E-state index contributed by atoms with van der Waals surface area (Å²) >= 11 is 0. The van der Waals surface area contributed by atoms with Crippen LogP contribution in [0.1, 0.15) is 18.5 Å². The Hall–Kier alpha value is -1.09. The molecule has 74 valence electrons. The molecule has 1 fully saturated rings. The maximum atomic E-state index is 5.75. The molecule has 0 bridgehead atoms. The molecule has 3 heterocycles. The van der Waals surface area contributed by atoms with Crippen LogP contribution in [0.4, 0.5) is 0 Å². The van der Waals surface area contributed by atoms with Gasteiger partial charge in [0, 0.05) is 18.5 Å². The summed E-state index contributed by atoms with van der Waals surface area (Å²) in [6.45, 7) is 0.830. The van der Waals surface area contributed by atoms with Crippen LogP contribution in [0.5, 0.6) is 5.75 Å². The van der Waals surface area contributed by atoms with Crippen molar-refractivity contribution in [2.75, 3.05) is 6.61 Å². The Bertz CT molecular complexity index is 307. The molecule has 14 heavy (non-hydrogen) atoms. The molecule has 0 spiro atoms. The van der Waals surface area contributed by atoms with Crippen molar-refractivity contribution < 1.29 is 9.47 Å². The number of fused-ring (bicyclic) bond motifs is 2. The lowest BCUT2D eigenvalue weighted by Crippen LogP contribution is -2.39. The number of rotatable bonds is 0. The van der Waals surface area contributed by atoms with Crippen LogP contribution >= 0.6 is 0 Å². The van der Waals surface area contributed by atoms with Crippen LogP contribution in [0.15, 0.2) is 18.3 Å². The summed E-state index contributed by atoms with van der Waals surface area (Å²) in [7, 11) is 0. The third kappa shape index (κ3) is 1.28. The van der Waals surface area contributed by atoms with E-state index in [0.717, 1.165) is 30.9 Å². The van der Waals surface area contributed by atoms with Gasteiger partial charge in [-0.15, -0.1) is 0 Å². The molecule has 2 aliphatic rings. The van der Waals surface area contributed by atoms with Crippen molar-refractivity contribution >= 4 is 0 Å². The van der Waals surface area contributed by atoms with Crippen LogP contribution in [0.25, 0.3) is 0 Å². The summed E-state index contributed by atoms with van der Waals surface area (Å²) in [5, 5.41) is 0. The van der Waals surface area contributed by atoms with Gasteiger partial charge >= 0.3 is 0 Å². The van der Waals surface area contributed by atoms with Gasteiger partial charge in [0.1, 0.15) is 5.75 Å². The Labute approximate surface area is 83.1 Å². The van der Waals surface area contributed by atoms with Crippen molar-refractivity contribution in [3.8, 4) is 5.75 Å². The first kappa shape index (κ1) is 8.24. The zero-order valence-corrected chi connectivity index (χ0v) is 7.98. The van der Waals surface area contributed by atoms with E-state index in [1.165, 1.54) is 6.42 Å². The van der Waals surface area contributed by atoms with Crippen molar-refractivity contribution in [1.82, 2.24) is 4.98 Å². The Morgan fingerprint density at radius 2 is 2.43 bits per heavy atom. The first-order valence-electron chi connectivity index (χ1n) is 5.15. The average Bonchev–Trinajstić information content (AvgIpc) is 2.26. The summed E-state index contributed by atoms with van der Waals surface area (Å²) in [6, 6.07) is 3.87. The van der Waals surface area contributed by atoms with Crippen LogP contribution in [-0.2, 0) is 11.2 Å². The number of hydrogen-bond acceptors (Lipinski definition) is 3. The van der Waals surface area contributed by atoms with Crippen molar-refractivity contribution in [1.29, 1.82) is 0 Å². The average molecular weight is 191 g/mol. The van der Waals surface area contributed by atoms with E-state index in [1.807, 2.05) is 18.3 Å². The third-order valence-corrected chi connectivity index (χ3v) is 2.93. The lowest BCUT2D eigenvalue weighted by atomic mass is 9.92. The highest BCUT2D eigenvalue weighted by atomic mass is 16.7. The van der Waals surface area contributed by atoms with Crippen LogP contribution in [0.2, 0.25) is 0 Å². The van der Waals surface area contributed by atoms with E-state index in [4.69, 9.17) is 9.47 Å². The van der Waals surface area contributed by atoms with Crippen LogP contribution in [-0.4, -0.2) is 17.9 Å². The summed E-state index contributed by atoms with van der Waals surface area (Å²) in [4.78, 5) is 4.33. The second-order valence-electron chi connectivity index (χ2n) is 3.91. The molecule has 0 aromatic carbocycles. The van der Waals surface area contributed by atoms with Gasteiger partial charge < -0.3 is 9.47 Å². The first-order chi connectivity index (χ1) is 6.93. The summed E-state index contributed by atoms with van der Waals surface area (Å²) in [5.74, 6) is 1.40. The minimum absolute atomic E-state index is 0.0274. The number of nitrogens with zero attached hydrogens (tertiary/aromatic N) is 1. The highest BCUT2D eigenvalue weighted by Crippen LogP contribution is 2.34. The van der Waals surface area contributed by atoms with Gasteiger partial charge in [0.05, 0.1) is 12.3 Å². The standard InChI is InChI=1S/C11H13NO2/c1-4-10-9(12-5-1)7-8-3-2-6-13-11(8)14-10/h1,4-5,8,11H,2-3,6-7H2/t8-,11+/m0/s1. The van der Waals surface area contributed by atoms with E-state index in [1.54, 1.807) is 0 Å². The number of pyridine rings is 1. The molecule has 3 heteroatoms. The molecule has 2 atom stereocenters. The van der Waals surface area contributed by atoms with E-state index < -0.39 is 0 Å². The lowest BCUT2D eigenvalue weighted by molar-refractivity contribution is -0.149. The van der Waals surface area contributed by atoms with E-state index >= 15 is 0 Å². The first-order valence-corrected chi connectivity index (χ1v) is 5.15. The van der Waals surface area contributed by atoms with Gasteiger partial charge in [-0.2, -0.15) is 0 Å². The van der Waals surface area contributed by atoms with Gasteiger partial charge in [0.25, 0.3) is 0 Å². The van der Waals surface area contributed by atoms with Gasteiger partial charge in [-0.1, -0.05) is 0 Å². The maximum absolute atomic E-state index is 5.75. The van der Waals surface area contributed by atoms with Gasteiger partial charge in [-0.25, -0.2) is 0 Å². The highest BCUT2D eigenvalue weighted by molar-refractivity contribution is 5.29. The minimum Gasteiger partial charge on any atom is -0.463 e. The second-order valence-corrected chi connectivity index (χ2v) is 3.91. The topological polar surface area (TPSA) is 31.4 Å².